The van der Waals surface area contributed by atoms with Crippen LogP contribution in [0.2, 0.25) is 0 Å². The number of hydrogen-bond acceptors (Lipinski definition) is 2. The van der Waals surface area contributed by atoms with Gasteiger partial charge in [-0.15, -0.1) is 0 Å². The molecule has 0 bridgehead atoms. The van der Waals surface area contributed by atoms with Gasteiger partial charge in [-0.05, 0) is 43.2 Å². The van der Waals surface area contributed by atoms with E-state index in [2.05, 4.69) is 5.32 Å². The third-order valence-corrected chi connectivity index (χ3v) is 3.02. The molecule has 0 fully saturated rings. The Balaban J connectivity index is 1.99. The molecule has 0 heterocycles. The van der Waals surface area contributed by atoms with E-state index in [4.69, 9.17) is 4.74 Å². The molecule has 0 amide bonds. The molecule has 0 radical (unpaired) electrons. The average Bonchev–Trinajstić information content (AvgIpc) is 2.41. The normalized spacial score (nSPS) is 12.0. The van der Waals surface area contributed by atoms with Crippen molar-refractivity contribution in [1.82, 2.24) is 0 Å². The van der Waals surface area contributed by atoms with Crippen molar-refractivity contribution in [3.8, 4) is 5.75 Å². The molecule has 2 aromatic carbocycles. The van der Waals surface area contributed by atoms with Crippen LogP contribution in [0.3, 0.4) is 0 Å². The molecule has 0 spiro atoms. The third kappa shape index (κ3) is 3.70. The lowest BCUT2D eigenvalue weighted by Gasteiger charge is -2.16. The lowest BCUT2D eigenvalue weighted by molar-refractivity contribution is 0.386. The second kappa shape index (κ2) is 6.37. The molecule has 1 atom stereocenters. The highest BCUT2D eigenvalue weighted by atomic mass is 19.1. The summed E-state index contributed by atoms with van der Waals surface area (Å²) in [7, 11) is 1.43. The Labute approximate surface area is 117 Å². The maximum absolute atomic E-state index is 13.6. The zero-order chi connectivity index (χ0) is 14.5. The van der Waals surface area contributed by atoms with Crippen LogP contribution in [-0.2, 0) is 6.42 Å². The van der Waals surface area contributed by atoms with E-state index in [1.165, 1.54) is 25.3 Å². The van der Waals surface area contributed by atoms with E-state index in [1.807, 2.05) is 6.92 Å². The monoisotopic (exact) mass is 277 g/mol. The number of rotatable bonds is 5. The van der Waals surface area contributed by atoms with Crippen LogP contribution in [-0.4, -0.2) is 13.2 Å². The van der Waals surface area contributed by atoms with Gasteiger partial charge in [-0.2, -0.15) is 0 Å². The van der Waals surface area contributed by atoms with Gasteiger partial charge in [0, 0.05) is 17.8 Å². The van der Waals surface area contributed by atoms with Gasteiger partial charge in [0.1, 0.15) is 5.82 Å². The standard InChI is InChI=1S/C16H17F2NO/c1-11(9-12-3-5-13(17)6-4-12)19-14-7-8-16(20-2)15(18)10-14/h3-8,10-11,19H,9H2,1-2H3. The zero-order valence-electron chi connectivity index (χ0n) is 11.5. The summed E-state index contributed by atoms with van der Waals surface area (Å²) in [5.74, 6) is -0.417. The largest absolute Gasteiger partial charge is 0.494 e. The smallest absolute Gasteiger partial charge is 0.167 e. The maximum atomic E-state index is 13.6. The van der Waals surface area contributed by atoms with Crippen molar-refractivity contribution in [2.24, 2.45) is 0 Å². The highest BCUT2D eigenvalue weighted by molar-refractivity contribution is 5.48. The number of benzene rings is 2. The van der Waals surface area contributed by atoms with Gasteiger partial charge >= 0.3 is 0 Å². The lowest BCUT2D eigenvalue weighted by Crippen LogP contribution is -2.18. The summed E-state index contributed by atoms with van der Waals surface area (Å²) in [5.41, 5.74) is 1.72. The van der Waals surface area contributed by atoms with E-state index in [1.54, 1.807) is 24.3 Å². The molecule has 0 aliphatic heterocycles. The predicted octanol–water partition coefficient (Wildman–Crippen LogP) is 4.02. The summed E-state index contributed by atoms with van der Waals surface area (Å²) in [6.07, 6.45) is 0.730. The van der Waals surface area contributed by atoms with E-state index in [-0.39, 0.29) is 17.6 Å². The second-order valence-electron chi connectivity index (χ2n) is 4.73. The topological polar surface area (TPSA) is 21.3 Å². The van der Waals surface area contributed by atoms with Crippen molar-refractivity contribution in [2.45, 2.75) is 19.4 Å². The molecule has 2 nitrogen and oxygen atoms in total. The summed E-state index contributed by atoms with van der Waals surface area (Å²) in [5, 5.41) is 3.21. The van der Waals surface area contributed by atoms with Crippen LogP contribution >= 0.6 is 0 Å². The fourth-order valence-electron chi connectivity index (χ4n) is 2.07. The van der Waals surface area contributed by atoms with Crippen LogP contribution in [0, 0.1) is 11.6 Å². The minimum absolute atomic E-state index is 0.105. The first-order valence-electron chi connectivity index (χ1n) is 6.43. The van der Waals surface area contributed by atoms with Gasteiger partial charge in [-0.1, -0.05) is 12.1 Å². The quantitative estimate of drug-likeness (QED) is 0.891. The van der Waals surface area contributed by atoms with Crippen LogP contribution in [0.15, 0.2) is 42.5 Å². The molecule has 2 rings (SSSR count). The summed E-state index contributed by atoms with van der Waals surface area (Å²) in [6.45, 7) is 1.99. The second-order valence-corrected chi connectivity index (χ2v) is 4.73. The van der Waals surface area contributed by atoms with Crippen LogP contribution in [0.4, 0.5) is 14.5 Å². The number of anilines is 1. The molecule has 0 saturated heterocycles. The molecule has 0 aromatic heterocycles. The number of nitrogens with one attached hydrogen (secondary N) is 1. The van der Waals surface area contributed by atoms with Crippen molar-refractivity contribution >= 4 is 5.69 Å². The minimum atomic E-state index is -0.397. The minimum Gasteiger partial charge on any atom is -0.494 e. The fraction of sp³-hybridized carbons (Fsp3) is 0.250. The highest BCUT2D eigenvalue weighted by Crippen LogP contribution is 2.21. The Hall–Kier alpha value is -2.10. The van der Waals surface area contributed by atoms with Gasteiger partial charge in [0.25, 0.3) is 0 Å². The lowest BCUT2D eigenvalue weighted by atomic mass is 10.1. The molecular weight excluding hydrogens is 260 g/mol. The van der Waals surface area contributed by atoms with E-state index in [0.29, 0.717) is 5.69 Å². The van der Waals surface area contributed by atoms with Crippen molar-refractivity contribution in [3.05, 3.63) is 59.7 Å². The van der Waals surface area contributed by atoms with Gasteiger partial charge in [0.15, 0.2) is 11.6 Å². The van der Waals surface area contributed by atoms with Gasteiger partial charge in [-0.25, -0.2) is 8.78 Å². The summed E-state index contributed by atoms with van der Waals surface area (Å²) < 4.78 is 31.3. The number of halogens is 2. The van der Waals surface area contributed by atoms with Gasteiger partial charge < -0.3 is 10.1 Å². The average molecular weight is 277 g/mol. The van der Waals surface area contributed by atoms with E-state index < -0.39 is 5.82 Å². The van der Waals surface area contributed by atoms with Crippen molar-refractivity contribution in [3.63, 3.8) is 0 Å². The molecule has 1 N–H and O–H groups in total. The van der Waals surface area contributed by atoms with E-state index in [0.717, 1.165) is 12.0 Å². The van der Waals surface area contributed by atoms with Crippen LogP contribution in [0.25, 0.3) is 0 Å². The predicted molar refractivity (Wildman–Crippen MR) is 76.1 cm³/mol. The third-order valence-electron chi connectivity index (χ3n) is 3.02. The van der Waals surface area contributed by atoms with Crippen molar-refractivity contribution in [2.75, 3.05) is 12.4 Å². The number of ether oxygens (including phenoxy) is 1. The van der Waals surface area contributed by atoms with Crippen LogP contribution < -0.4 is 10.1 Å². The Kier molecular flexibility index (Phi) is 4.56. The fourth-order valence-corrected chi connectivity index (χ4v) is 2.07. The first-order chi connectivity index (χ1) is 9.58. The van der Waals surface area contributed by atoms with Crippen LogP contribution in [0.5, 0.6) is 5.75 Å². The number of hydrogen-bond donors (Lipinski definition) is 1. The first kappa shape index (κ1) is 14.3. The summed E-state index contributed by atoms with van der Waals surface area (Å²) in [6, 6.07) is 11.2. The van der Waals surface area contributed by atoms with Crippen molar-refractivity contribution < 1.29 is 13.5 Å². The number of methoxy groups -OCH3 is 1. The molecule has 106 valence electrons. The van der Waals surface area contributed by atoms with Gasteiger partial charge in [0.05, 0.1) is 7.11 Å². The molecule has 2 aromatic rings. The summed E-state index contributed by atoms with van der Waals surface area (Å²) >= 11 is 0. The Morgan fingerprint density at radius 3 is 2.40 bits per heavy atom. The van der Waals surface area contributed by atoms with Crippen LogP contribution in [0.1, 0.15) is 12.5 Å². The van der Waals surface area contributed by atoms with Gasteiger partial charge in [-0.3, -0.25) is 0 Å². The molecule has 1 unspecified atom stereocenters. The highest BCUT2D eigenvalue weighted by Gasteiger charge is 2.07. The Bertz CT molecular complexity index is 569. The maximum Gasteiger partial charge on any atom is 0.167 e. The SMILES string of the molecule is COc1ccc(NC(C)Cc2ccc(F)cc2)cc1F. The summed E-state index contributed by atoms with van der Waals surface area (Å²) in [4.78, 5) is 0. The Morgan fingerprint density at radius 2 is 1.80 bits per heavy atom. The molecule has 20 heavy (non-hydrogen) atoms. The van der Waals surface area contributed by atoms with E-state index in [9.17, 15) is 8.78 Å². The zero-order valence-corrected chi connectivity index (χ0v) is 11.5. The Morgan fingerprint density at radius 1 is 1.10 bits per heavy atom. The van der Waals surface area contributed by atoms with Crippen molar-refractivity contribution in [1.29, 1.82) is 0 Å². The molecule has 0 aliphatic rings. The molecule has 0 aliphatic carbocycles. The molecular formula is C16H17F2NO. The van der Waals surface area contributed by atoms with Gasteiger partial charge in [0.2, 0.25) is 0 Å². The first-order valence-corrected chi connectivity index (χ1v) is 6.43. The molecule has 4 heteroatoms. The van der Waals surface area contributed by atoms with E-state index >= 15 is 0 Å². The molecule has 0 saturated carbocycles.